The van der Waals surface area contributed by atoms with Gasteiger partial charge in [-0.1, -0.05) is 6.58 Å². The molecule has 0 aromatic rings. The van der Waals surface area contributed by atoms with Crippen molar-refractivity contribution in [3.05, 3.63) is 12.2 Å². The second kappa shape index (κ2) is 11.2. The van der Waals surface area contributed by atoms with Crippen molar-refractivity contribution in [2.75, 3.05) is 0 Å². The Balaban J connectivity index is 8.01. The van der Waals surface area contributed by atoms with E-state index in [0.29, 0.717) is 0 Å². The molecule has 0 bridgehead atoms. The number of alkyl halides is 27. The SMILES string of the molecule is C=C(C)C(=O)OC(F)(F)C(F)(F)C(F)(OC(F)(F)C(F)(F)F)C(F)(F)C(F)(F)C(F)(F)C(F)(F)C(F)(F)C(F)(F)C(F)(F)C(F)(F)F. The molecule has 47 heavy (non-hydrogen) atoms. The Hall–Kier alpha value is -2.72. The molecule has 30 heteroatoms. The van der Waals surface area contributed by atoms with Crippen LogP contribution in [0.15, 0.2) is 12.2 Å². The van der Waals surface area contributed by atoms with E-state index in [-0.39, 0.29) is 6.92 Å². The third-order valence-corrected chi connectivity index (χ3v) is 5.06. The van der Waals surface area contributed by atoms with Crippen LogP contribution in [0.1, 0.15) is 6.92 Å². The van der Waals surface area contributed by atoms with E-state index in [1.165, 1.54) is 0 Å². The number of ether oxygens (including phenoxy) is 2. The number of carbonyl (C=O) groups is 1. The van der Waals surface area contributed by atoms with E-state index in [4.69, 9.17) is 0 Å². The van der Waals surface area contributed by atoms with Crippen LogP contribution in [-0.2, 0) is 14.3 Å². The highest BCUT2D eigenvalue weighted by molar-refractivity contribution is 5.87. The fraction of sp³-hybridized carbons (Fsp3) is 0.824. The predicted molar refractivity (Wildman–Crippen MR) is 87.4 cm³/mol. The molecule has 1 atom stereocenters. The van der Waals surface area contributed by atoms with Gasteiger partial charge in [0.25, 0.3) is 0 Å². The fourth-order valence-electron chi connectivity index (χ4n) is 2.38. The maximum absolute atomic E-state index is 14.8. The lowest BCUT2D eigenvalue weighted by molar-refractivity contribution is -0.539. The Morgan fingerprint density at radius 2 is 0.681 bits per heavy atom. The van der Waals surface area contributed by atoms with Gasteiger partial charge in [0, 0.05) is 5.57 Å². The molecule has 0 radical (unpaired) electrons. The molecule has 0 rings (SSSR count). The second-order valence-electron chi connectivity index (χ2n) is 8.49. The summed E-state index contributed by atoms with van der Waals surface area (Å²) in [6.45, 7) is 2.31. The lowest BCUT2D eigenvalue weighted by atomic mass is 9.85. The summed E-state index contributed by atoms with van der Waals surface area (Å²) >= 11 is 0. The van der Waals surface area contributed by atoms with Crippen molar-refractivity contribution >= 4 is 5.97 Å². The molecule has 0 aromatic heterocycles. The highest BCUT2D eigenvalue weighted by Gasteiger charge is 3.00. The summed E-state index contributed by atoms with van der Waals surface area (Å²) in [5.74, 6) is -88.9. The van der Waals surface area contributed by atoms with Crippen LogP contribution in [0.25, 0.3) is 0 Å². The number of esters is 1. The summed E-state index contributed by atoms with van der Waals surface area (Å²) in [5, 5.41) is 0. The number of carbonyl (C=O) groups excluding carboxylic acids is 1. The van der Waals surface area contributed by atoms with Crippen molar-refractivity contribution in [1.82, 2.24) is 0 Å². The minimum absolute atomic E-state index is 0.0667. The second-order valence-corrected chi connectivity index (χ2v) is 8.49. The Morgan fingerprint density at radius 3 is 0.936 bits per heavy atom. The molecular formula is C17H5F27O3. The van der Waals surface area contributed by atoms with E-state index >= 15 is 0 Å². The Morgan fingerprint density at radius 1 is 0.404 bits per heavy atom. The van der Waals surface area contributed by atoms with Crippen LogP contribution in [-0.4, -0.2) is 83.8 Å². The molecular weight excluding hydrogens is 765 g/mol. The number of hydrogen-bond donors (Lipinski definition) is 0. The van der Waals surface area contributed by atoms with Crippen LogP contribution in [0.4, 0.5) is 119 Å². The van der Waals surface area contributed by atoms with E-state index in [0.717, 1.165) is 4.74 Å². The van der Waals surface area contributed by atoms with Crippen LogP contribution >= 0.6 is 0 Å². The third-order valence-electron chi connectivity index (χ3n) is 5.06. The summed E-state index contributed by atoms with van der Waals surface area (Å²) in [4.78, 5) is 11.0. The van der Waals surface area contributed by atoms with Gasteiger partial charge in [0.05, 0.1) is 0 Å². The highest BCUT2D eigenvalue weighted by atomic mass is 19.4. The lowest BCUT2D eigenvalue weighted by Gasteiger charge is -2.47. The number of halogens is 27. The number of hydrogen-bond acceptors (Lipinski definition) is 3. The first-order valence-electron chi connectivity index (χ1n) is 9.98. The zero-order valence-electron chi connectivity index (χ0n) is 20.6. The van der Waals surface area contributed by atoms with Gasteiger partial charge in [0.1, 0.15) is 0 Å². The monoisotopic (exact) mass is 770 g/mol. The van der Waals surface area contributed by atoms with E-state index < -0.39 is 89.3 Å². The minimum atomic E-state index is -9.94. The van der Waals surface area contributed by atoms with E-state index in [9.17, 15) is 123 Å². The van der Waals surface area contributed by atoms with E-state index in [1.54, 1.807) is 0 Å². The molecule has 1 unspecified atom stereocenters. The van der Waals surface area contributed by atoms with Gasteiger partial charge in [-0.05, 0) is 6.92 Å². The maximum atomic E-state index is 14.8. The van der Waals surface area contributed by atoms with Crippen LogP contribution < -0.4 is 0 Å². The normalized spacial score (nSPS) is 17.4. The summed E-state index contributed by atoms with van der Waals surface area (Å²) in [6.07, 6.45) is -32.9. The smallest absolute Gasteiger partial charge is 0.393 e. The molecule has 0 aliphatic rings. The first kappa shape index (κ1) is 44.3. The molecule has 0 fully saturated rings. The molecule has 3 nitrogen and oxygen atoms in total. The topological polar surface area (TPSA) is 35.5 Å². The van der Waals surface area contributed by atoms with Gasteiger partial charge in [0.15, 0.2) is 0 Å². The molecule has 0 amide bonds. The molecule has 0 saturated heterocycles. The van der Waals surface area contributed by atoms with Gasteiger partial charge in [-0.15, -0.1) is 0 Å². The fourth-order valence-corrected chi connectivity index (χ4v) is 2.38. The first-order valence-corrected chi connectivity index (χ1v) is 9.98. The van der Waals surface area contributed by atoms with Crippen LogP contribution in [0.3, 0.4) is 0 Å². The highest BCUT2D eigenvalue weighted by Crippen LogP contribution is 2.67. The van der Waals surface area contributed by atoms with Gasteiger partial charge in [-0.2, -0.15) is 119 Å². The van der Waals surface area contributed by atoms with Crippen molar-refractivity contribution < 1.29 is 133 Å². The average Bonchev–Trinajstić information content (AvgIpc) is 2.80. The van der Waals surface area contributed by atoms with Gasteiger partial charge in [0.2, 0.25) is 0 Å². The molecule has 0 saturated carbocycles. The molecule has 0 aliphatic heterocycles. The summed E-state index contributed by atoms with van der Waals surface area (Å²) in [6, 6.07) is 0. The molecule has 0 aliphatic carbocycles. The van der Waals surface area contributed by atoms with Crippen molar-refractivity contribution in [3.8, 4) is 0 Å². The Bertz CT molecular complexity index is 1190. The molecule has 0 spiro atoms. The van der Waals surface area contributed by atoms with E-state index in [2.05, 4.69) is 11.3 Å². The lowest BCUT2D eigenvalue weighted by Crippen LogP contribution is -2.79. The third kappa shape index (κ3) is 5.96. The van der Waals surface area contributed by atoms with Gasteiger partial charge in [-0.3, -0.25) is 4.74 Å². The van der Waals surface area contributed by atoms with Crippen molar-refractivity contribution in [2.45, 2.75) is 84.7 Å². The van der Waals surface area contributed by atoms with Crippen LogP contribution in [0.5, 0.6) is 0 Å². The van der Waals surface area contributed by atoms with Crippen molar-refractivity contribution in [1.29, 1.82) is 0 Å². The van der Waals surface area contributed by atoms with Gasteiger partial charge >= 0.3 is 83.8 Å². The molecule has 0 heterocycles. The summed E-state index contributed by atoms with van der Waals surface area (Å²) < 4.78 is 365. The number of rotatable bonds is 13. The standard InChI is InChI=1S/C17H5F27O3/c1-3(2)4(45)46-16(41,42)12(32,33)13(34,47-17(43,44)15(38,39)40)10(28,29)8(24,25)6(20,21)5(18,19)7(22,23)9(26,27)11(30,31)14(35,36)37/h1H2,2H3. The quantitative estimate of drug-likeness (QED) is 0.107. The van der Waals surface area contributed by atoms with Crippen molar-refractivity contribution in [3.63, 3.8) is 0 Å². The Kier molecular flexibility index (Phi) is 10.5. The zero-order chi connectivity index (χ0) is 39.1. The van der Waals surface area contributed by atoms with E-state index in [1.807, 2.05) is 0 Å². The molecule has 280 valence electrons. The average molecular weight is 770 g/mol. The first-order chi connectivity index (χ1) is 19.8. The largest absolute Gasteiger partial charge is 0.483 e. The van der Waals surface area contributed by atoms with Gasteiger partial charge < -0.3 is 4.74 Å². The summed E-state index contributed by atoms with van der Waals surface area (Å²) in [7, 11) is 0. The maximum Gasteiger partial charge on any atom is 0.483 e. The van der Waals surface area contributed by atoms with Gasteiger partial charge in [-0.25, -0.2) is 4.79 Å². The molecule has 0 aromatic carbocycles. The Labute approximate surface area is 237 Å². The zero-order valence-corrected chi connectivity index (χ0v) is 20.6. The predicted octanol–water partition coefficient (Wildman–Crippen LogP) is 9.18. The van der Waals surface area contributed by atoms with Crippen molar-refractivity contribution in [2.24, 2.45) is 0 Å². The van der Waals surface area contributed by atoms with Crippen LogP contribution in [0.2, 0.25) is 0 Å². The van der Waals surface area contributed by atoms with Crippen LogP contribution in [0, 0.1) is 0 Å². The summed E-state index contributed by atoms with van der Waals surface area (Å²) in [5.41, 5.74) is -1.71. The minimum Gasteiger partial charge on any atom is -0.393 e. The molecule has 0 N–H and O–H groups in total.